The highest BCUT2D eigenvalue weighted by Crippen LogP contribution is 2.18. The van der Waals surface area contributed by atoms with E-state index in [2.05, 4.69) is 17.3 Å². The average molecular weight is 314 g/mol. The number of benzene rings is 1. The number of aryl methyl sites for hydroxylation is 3. The van der Waals surface area contributed by atoms with Gasteiger partial charge in [-0.1, -0.05) is 12.1 Å². The summed E-state index contributed by atoms with van der Waals surface area (Å²) >= 11 is 0. The highest BCUT2D eigenvalue weighted by molar-refractivity contribution is 5.90. The summed E-state index contributed by atoms with van der Waals surface area (Å²) in [4.78, 5) is 14.1. The minimum absolute atomic E-state index is 0.0853. The Labute approximate surface area is 138 Å². The molecule has 1 N–H and O–H groups in total. The smallest absolute Gasteiger partial charge is 0.321 e. The lowest BCUT2D eigenvalue weighted by Crippen LogP contribution is -2.33. The molecule has 5 heteroatoms. The maximum Gasteiger partial charge on any atom is 0.321 e. The van der Waals surface area contributed by atoms with Gasteiger partial charge in [-0.2, -0.15) is 5.10 Å². The van der Waals surface area contributed by atoms with Gasteiger partial charge in [-0.3, -0.25) is 4.68 Å². The first-order valence-corrected chi connectivity index (χ1v) is 7.88. The van der Waals surface area contributed by atoms with E-state index in [4.69, 9.17) is 0 Å². The van der Waals surface area contributed by atoms with Crippen LogP contribution in [-0.2, 0) is 13.5 Å². The van der Waals surface area contributed by atoms with Gasteiger partial charge in [-0.25, -0.2) is 4.79 Å². The molecule has 2 amide bonds. The third-order valence-electron chi connectivity index (χ3n) is 4.55. The third-order valence-corrected chi connectivity index (χ3v) is 4.55. The highest BCUT2D eigenvalue weighted by Gasteiger charge is 2.14. The molecule has 2 rings (SSSR count). The fraction of sp³-hybridized carbons (Fsp3) is 0.444. The Kier molecular flexibility index (Phi) is 5.08. The van der Waals surface area contributed by atoms with Gasteiger partial charge in [0.2, 0.25) is 0 Å². The second-order valence-corrected chi connectivity index (χ2v) is 6.12. The summed E-state index contributed by atoms with van der Waals surface area (Å²) < 4.78 is 1.89. The predicted octanol–water partition coefficient (Wildman–Crippen LogP) is 3.36. The Balaban J connectivity index is 1.99. The van der Waals surface area contributed by atoms with Gasteiger partial charge in [-0.15, -0.1) is 0 Å². The summed E-state index contributed by atoms with van der Waals surface area (Å²) in [5.74, 6) is 0. The molecule has 0 spiro atoms. The molecule has 0 bridgehead atoms. The Morgan fingerprint density at radius 2 is 1.96 bits per heavy atom. The first-order valence-electron chi connectivity index (χ1n) is 7.88. The molecule has 0 fully saturated rings. The van der Waals surface area contributed by atoms with Crippen molar-refractivity contribution in [2.45, 2.75) is 34.1 Å². The van der Waals surface area contributed by atoms with Crippen molar-refractivity contribution < 1.29 is 4.79 Å². The largest absolute Gasteiger partial charge is 0.327 e. The number of rotatable bonds is 4. The molecule has 23 heavy (non-hydrogen) atoms. The number of likely N-dealkylation sites (N-methyl/N-ethyl adjacent to an activating group) is 1. The van der Waals surface area contributed by atoms with Crippen molar-refractivity contribution >= 4 is 11.7 Å². The van der Waals surface area contributed by atoms with Gasteiger partial charge >= 0.3 is 6.03 Å². The van der Waals surface area contributed by atoms with Crippen LogP contribution in [-0.4, -0.2) is 34.3 Å². The number of hydrogen-bond donors (Lipinski definition) is 1. The Morgan fingerprint density at radius 1 is 1.26 bits per heavy atom. The van der Waals surface area contributed by atoms with Crippen LogP contribution in [0.5, 0.6) is 0 Å². The summed E-state index contributed by atoms with van der Waals surface area (Å²) in [5, 5.41) is 7.41. The number of nitrogens with one attached hydrogen (secondary N) is 1. The van der Waals surface area contributed by atoms with Crippen LogP contribution in [0, 0.1) is 27.7 Å². The van der Waals surface area contributed by atoms with Gasteiger partial charge in [0.1, 0.15) is 0 Å². The zero-order valence-electron chi connectivity index (χ0n) is 14.9. The molecule has 1 heterocycles. The molecule has 0 aliphatic rings. The van der Waals surface area contributed by atoms with Crippen LogP contribution in [0.4, 0.5) is 10.5 Å². The molecule has 1 aromatic carbocycles. The van der Waals surface area contributed by atoms with Crippen molar-refractivity contribution in [3.05, 3.63) is 46.3 Å². The summed E-state index contributed by atoms with van der Waals surface area (Å²) in [5.41, 5.74) is 6.56. The summed E-state index contributed by atoms with van der Waals surface area (Å²) in [7, 11) is 3.77. The van der Waals surface area contributed by atoms with Crippen molar-refractivity contribution in [3.63, 3.8) is 0 Å². The minimum Gasteiger partial charge on any atom is -0.327 e. The van der Waals surface area contributed by atoms with Crippen LogP contribution in [0.1, 0.15) is 28.1 Å². The highest BCUT2D eigenvalue weighted by atomic mass is 16.2. The van der Waals surface area contributed by atoms with Crippen molar-refractivity contribution in [2.75, 3.05) is 18.9 Å². The Morgan fingerprint density at radius 3 is 2.57 bits per heavy atom. The lowest BCUT2D eigenvalue weighted by molar-refractivity contribution is 0.223. The van der Waals surface area contributed by atoms with E-state index in [1.54, 1.807) is 4.90 Å². The molecule has 0 atom stereocenters. The van der Waals surface area contributed by atoms with E-state index >= 15 is 0 Å². The summed E-state index contributed by atoms with van der Waals surface area (Å²) in [6.45, 7) is 8.80. The van der Waals surface area contributed by atoms with Crippen LogP contribution < -0.4 is 5.32 Å². The summed E-state index contributed by atoms with van der Waals surface area (Å²) in [6.07, 6.45) is 0.808. The van der Waals surface area contributed by atoms with Crippen LogP contribution in [0.25, 0.3) is 0 Å². The van der Waals surface area contributed by atoms with E-state index in [0.717, 1.165) is 29.1 Å². The molecule has 0 saturated heterocycles. The number of carbonyl (C=O) groups is 1. The third kappa shape index (κ3) is 3.73. The zero-order chi connectivity index (χ0) is 17.1. The van der Waals surface area contributed by atoms with Crippen molar-refractivity contribution in [2.24, 2.45) is 7.05 Å². The average Bonchev–Trinajstić information content (AvgIpc) is 2.74. The standard InChI is InChI=1S/C18H26N4O/c1-12-8-7-9-17(13(12)2)19-18(23)21(5)11-10-16-14(3)20-22(6)15(16)4/h7-9H,10-11H2,1-6H3,(H,19,23). The quantitative estimate of drug-likeness (QED) is 0.941. The molecule has 0 saturated carbocycles. The fourth-order valence-corrected chi connectivity index (χ4v) is 2.66. The van der Waals surface area contributed by atoms with Gasteiger partial charge in [-0.05, 0) is 56.9 Å². The van der Waals surface area contributed by atoms with E-state index < -0.39 is 0 Å². The van der Waals surface area contributed by atoms with Gasteiger partial charge in [0.15, 0.2) is 0 Å². The monoisotopic (exact) mass is 314 g/mol. The second-order valence-electron chi connectivity index (χ2n) is 6.12. The lowest BCUT2D eigenvalue weighted by Gasteiger charge is -2.19. The maximum atomic E-state index is 12.4. The molecule has 2 aromatic rings. The second kappa shape index (κ2) is 6.86. The molecule has 0 aliphatic heterocycles. The molecule has 1 aromatic heterocycles. The molecule has 5 nitrogen and oxygen atoms in total. The van der Waals surface area contributed by atoms with Gasteiger partial charge in [0.25, 0.3) is 0 Å². The van der Waals surface area contributed by atoms with Crippen molar-refractivity contribution in [1.29, 1.82) is 0 Å². The Hall–Kier alpha value is -2.30. The van der Waals surface area contributed by atoms with Crippen molar-refractivity contribution in [1.82, 2.24) is 14.7 Å². The number of nitrogens with zero attached hydrogens (tertiary/aromatic N) is 3. The summed E-state index contributed by atoms with van der Waals surface area (Å²) in [6, 6.07) is 5.85. The van der Waals surface area contributed by atoms with E-state index in [-0.39, 0.29) is 6.03 Å². The van der Waals surface area contributed by atoms with Crippen LogP contribution in [0.2, 0.25) is 0 Å². The molecule has 124 valence electrons. The van der Waals surface area contributed by atoms with Gasteiger partial charge in [0, 0.05) is 32.0 Å². The normalized spacial score (nSPS) is 10.7. The SMILES string of the molecule is Cc1cccc(NC(=O)N(C)CCc2c(C)nn(C)c2C)c1C. The number of urea groups is 1. The van der Waals surface area contributed by atoms with E-state index in [0.29, 0.717) is 6.54 Å². The maximum absolute atomic E-state index is 12.4. The van der Waals surface area contributed by atoms with E-state index in [1.165, 1.54) is 11.1 Å². The topological polar surface area (TPSA) is 50.2 Å². The minimum atomic E-state index is -0.0853. The predicted molar refractivity (Wildman–Crippen MR) is 94.0 cm³/mol. The fourth-order valence-electron chi connectivity index (χ4n) is 2.66. The number of aromatic nitrogens is 2. The van der Waals surface area contributed by atoms with E-state index in [9.17, 15) is 4.79 Å². The van der Waals surface area contributed by atoms with Gasteiger partial charge < -0.3 is 10.2 Å². The van der Waals surface area contributed by atoms with Crippen LogP contribution in [0.15, 0.2) is 18.2 Å². The number of carbonyl (C=O) groups excluding carboxylic acids is 1. The molecular formula is C18H26N4O. The van der Waals surface area contributed by atoms with Gasteiger partial charge in [0.05, 0.1) is 5.69 Å². The van der Waals surface area contributed by atoms with Crippen LogP contribution >= 0.6 is 0 Å². The first-order chi connectivity index (χ1) is 10.8. The molecule has 0 radical (unpaired) electrons. The first kappa shape index (κ1) is 17.1. The van der Waals surface area contributed by atoms with E-state index in [1.807, 2.05) is 57.7 Å². The van der Waals surface area contributed by atoms with Crippen molar-refractivity contribution in [3.8, 4) is 0 Å². The number of hydrogen-bond acceptors (Lipinski definition) is 2. The number of anilines is 1. The molecule has 0 unspecified atom stereocenters. The van der Waals surface area contributed by atoms with Crippen LogP contribution in [0.3, 0.4) is 0 Å². The Bertz CT molecular complexity index is 718. The number of amides is 2. The molecular weight excluding hydrogens is 288 g/mol. The molecule has 0 aliphatic carbocycles. The zero-order valence-corrected chi connectivity index (χ0v) is 14.9. The lowest BCUT2D eigenvalue weighted by atomic mass is 10.1.